The molecule has 7 heteroatoms. The van der Waals surface area contributed by atoms with Crippen LogP contribution in [0.1, 0.15) is 44.6 Å². The van der Waals surface area contributed by atoms with Crippen molar-refractivity contribution in [3.63, 3.8) is 0 Å². The van der Waals surface area contributed by atoms with E-state index in [4.69, 9.17) is 0 Å². The summed E-state index contributed by atoms with van der Waals surface area (Å²) in [6, 6.07) is 2.04. The highest BCUT2D eigenvalue weighted by molar-refractivity contribution is 5.80. The predicted molar refractivity (Wildman–Crippen MR) is 105 cm³/mol. The van der Waals surface area contributed by atoms with E-state index in [0.29, 0.717) is 13.1 Å². The summed E-state index contributed by atoms with van der Waals surface area (Å²) in [7, 11) is 0. The minimum Gasteiger partial charge on any atom is -0.355 e. The molecule has 0 bridgehead atoms. The SMILES string of the molecule is CCc1nc(C)cc(N2CCCN(C(=O)C3CCN(C(C)=O)CC3)CC2)n1. The molecule has 3 rings (SSSR count). The third-order valence-electron chi connectivity index (χ3n) is 5.62. The van der Waals surface area contributed by atoms with E-state index in [-0.39, 0.29) is 17.7 Å². The molecule has 3 heterocycles. The van der Waals surface area contributed by atoms with Crippen LogP contribution in [0.3, 0.4) is 0 Å². The number of aryl methyl sites for hydroxylation is 2. The van der Waals surface area contributed by atoms with Crippen LogP contribution in [0, 0.1) is 12.8 Å². The molecule has 0 aromatic carbocycles. The third-order valence-corrected chi connectivity index (χ3v) is 5.62. The maximum Gasteiger partial charge on any atom is 0.225 e. The van der Waals surface area contributed by atoms with Gasteiger partial charge in [-0.25, -0.2) is 9.97 Å². The Hall–Kier alpha value is -2.18. The molecule has 27 heavy (non-hydrogen) atoms. The Morgan fingerprint density at radius 2 is 1.78 bits per heavy atom. The lowest BCUT2D eigenvalue weighted by molar-refractivity contribution is -0.139. The second-order valence-corrected chi connectivity index (χ2v) is 7.58. The van der Waals surface area contributed by atoms with Crippen LogP contribution in [0.15, 0.2) is 6.07 Å². The van der Waals surface area contributed by atoms with Crippen molar-refractivity contribution in [2.45, 2.75) is 46.5 Å². The van der Waals surface area contributed by atoms with Crippen molar-refractivity contribution in [1.29, 1.82) is 0 Å². The number of anilines is 1. The van der Waals surface area contributed by atoms with Crippen molar-refractivity contribution in [3.8, 4) is 0 Å². The maximum absolute atomic E-state index is 13.0. The van der Waals surface area contributed by atoms with Crippen molar-refractivity contribution >= 4 is 17.6 Å². The zero-order valence-corrected chi connectivity index (χ0v) is 16.8. The highest BCUT2D eigenvalue weighted by Gasteiger charge is 2.30. The minimum atomic E-state index is 0.0557. The van der Waals surface area contributed by atoms with Gasteiger partial charge in [-0.2, -0.15) is 0 Å². The summed E-state index contributed by atoms with van der Waals surface area (Å²) >= 11 is 0. The quantitative estimate of drug-likeness (QED) is 0.806. The lowest BCUT2D eigenvalue weighted by Gasteiger charge is -2.33. The molecule has 2 aliphatic rings. The van der Waals surface area contributed by atoms with Crippen LogP contribution < -0.4 is 4.90 Å². The summed E-state index contributed by atoms with van der Waals surface area (Å²) in [4.78, 5) is 39.7. The predicted octanol–water partition coefficient (Wildman–Crippen LogP) is 1.64. The van der Waals surface area contributed by atoms with Gasteiger partial charge in [-0.15, -0.1) is 0 Å². The highest BCUT2D eigenvalue weighted by atomic mass is 16.2. The highest BCUT2D eigenvalue weighted by Crippen LogP contribution is 2.22. The number of carbonyl (C=O) groups excluding carboxylic acids is 2. The number of aromatic nitrogens is 2. The zero-order valence-electron chi connectivity index (χ0n) is 16.8. The van der Waals surface area contributed by atoms with Gasteiger partial charge < -0.3 is 14.7 Å². The standard InChI is InChI=1S/C20H31N5O2/c1-4-18-21-15(2)14-19(22-18)24-8-5-9-25(13-12-24)20(27)17-6-10-23(11-7-17)16(3)26/h14,17H,4-13H2,1-3H3. The van der Waals surface area contributed by atoms with Crippen LogP contribution in [-0.4, -0.2) is 70.9 Å². The van der Waals surface area contributed by atoms with Gasteiger partial charge in [0.1, 0.15) is 11.6 Å². The molecule has 1 aromatic rings. The summed E-state index contributed by atoms with van der Waals surface area (Å²) in [5, 5.41) is 0. The fraction of sp³-hybridized carbons (Fsp3) is 0.700. The van der Waals surface area contributed by atoms with Gasteiger partial charge in [0.05, 0.1) is 0 Å². The zero-order chi connectivity index (χ0) is 19.4. The third kappa shape index (κ3) is 4.76. The summed E-state index contributed by atoms with van der Waals surface area (Å²) in [5.74, 6) is 2.27. The number of hydrogen-bond acceptors (Lipinski definition) is 5. The van der Waals surface area contributed by atoms with Gasteiger partial charge in [0, 0.05) is 70.3 Å². The first-order chi connectivity index (χ1) is 13.0. The first kappa shape index (κ1) is 19.6. The Kier molecular flexibility index (Phi) is 6.29. The van der Waals surface area contributed by atoms with Gasteiger partial charge in [-0.1, -0.05) is 6.92 Å². The molecule has 2 amide bonds. The fourth-order valence-electron chi connectivity index (χ4n) is 4.00. The van der Waals surface area contributed by atoms with Crippen LogP contribution in [0.25, 0.3) is 0 Å². The Morgan fingerprint density at radius 3 is 2.44 bits per heavy atom. The van der Waals surface area contributed by atoms with E-state index in [2.05, 4.69) is 21.8 Å². The number of rotatable bonds is 3. The van der Waals surface area contributed by atoms with Gasteiger partial charge in [-0.3, -0.25) is 9.59 Å². The lowest BCUT2D eigenvalue weighted by atomic mass is 9.95. The Morgan fingerprint density at radius 1 is 1.04 bits per heavy atom. The second kappa shape index (κ2) is 8.67. The van der Waals surface area contributed by atoms with Gasteiger partial charge in [0.15, 0.2) is 0 Å². The molecule has 148 valence electrons. The van der Waals surface area contributed by atoms with E-state index in [1.165, 1.54) is 0 Å². The number of carbonyl (C=O) groups is 2. The molecule has 0 unspecified atom stereocenters. The van der Waals surface area contributed by atoms with Crippen LogP contribution in [-0.2, 0) is 16.0 Å². The molecule has 0 radical (unpaired) electrons. The first-order valence-electron chi connectivity index (χ1n) is 10.1. The summed E-state index contributed by atoms with van der Waals surface area (Å²) < 4.78 is 0. The topological polar surface area (TPSA) is 69.6 Å². The van der Waals surface area contributed by atoms with Gasteiger partial charge >= 0.3 is 0 Å². The molecular formula is C20H31N5O2. The van der Waals surface area contributed by atoms with Crippen molar-refractivity contribution < 1.29 is 9.59 Å². The Labute approximate surface area is 161 Å². The Balaban J connectivity index is 1.59. The number of piperidine rings is 1. The average molecular weight is 374 g/mol. The molecule has 0 aliphatic carbocycles. The van der Waals surface area contributed by atoms with Gasteiger partial charge in [0.2, 0.25) is 11.8 Å². The fourth-order valence-corrected chi connectivity index (χ4v) is 4.00. The molecule has 0 saturated carbocycles. The van der Waals surface area contributed by atoms with Gasteiger partial charge in [-0.05, 0) is 26.2 Å². The van der Waals surface area contributed by atoms with E-state index in [0.717, 1.165) is 69.2 Å². The number of likely N-dealkylation sites (tertiary alicyclic amines) is 1. The molecule has 2 aliphatic heterocycles. The second-order valence-electron chi connectivity index (χ2n) is 7.58. The summed E-state index contributed by atoms with van der Waals surface area (Å²) in [6.07, 6.45) is 3.34. The molecule has 0 spiro atoms. The Bertz CT molecular complexity index is 685. The van der Waals surface area contributed by atoms with Crippen molar-refractivity contribution in [3.05, 3.63) is 17.6 Å². The largest absolute Gasteiger partial charge is 0.355 e. The molecular weight excluding hydrogens is 342 g/mol. The molecule has 0 N–H and O–H groups in total. The minimum absolute atomic E-state index is 0.0557. The van der Waals surface area contributed by atoms with Crippen LogP contribution in [0.2, 0.25) is 0 Å². The van der Waals surface area contributed by atoms with Crippen molar-refractivity contribution in [2.75, 3.05) is 44.2 Å². The summed E-state index contributed by atoms with van der Waals surface area (Å²) in [6.45, 7) is 10.3. The molecule has 1 aromatic heterocycles. The molecule has 2 saturated heterocycles. The van der Waals surface area contributed by atoms with E-state index in [1.54, 1.807) is 6.92 Å². The van der Waals surface area contributed by atoms with E-state index in [9.17, 15) is 9.59 Å². The number of amides is 2. The molecule has 7 nitrogen and oxygen atoms in total. The molecule has 2 fully saturated rings. The van der Waals surface area contributed by atoms with E-state index >= 15 is 0 Å². The van der Waals surface area contributed by atoms with Crippen molar-refractivity contribution in [1.82, 2.24) is 19.8 Å². The van der Waals surface area contributed by atoms with Crippen LogP contribution in [0.5, 0.6) is 0 Å². The van der Waals surface area contributed by atoms with Crippen LogP contribution in [0.4, 0.5) is 5.82 Å². The summed E-state index contributed by atoms with van der Waals surface area (Å²) in [5.41, 5.74) is 0.992. The van der Waals surface area contributed by atoms with Crippen molar-refractivity contribution in [2.24, 2.45) is 5.92 Å². The lowest BCUT2D eigenvalue weighted by Crippen LogP contribution is -2.44. The monoisotopic (exact) mass is 373 g/mol. The first-order valence-corrected chi connectivity index (χ1v) is 10.1. The average Bonchev–Trinajstić information content (AvgIpc) is 2.93. The smallest absolute Gasteiger partial charge is 0.225 e. The number of nitrogens with zero attached hydrogens (tertiary/aromatic N) is 5. The van der Waals surface area contributed by atoms with Crippen LogP contribution >= 0.6 is 0 Å². The van der Waals surface area contributed by atoms with E-state index < -0.39 is 0 Å². The number of hydrogen-bond donors (Lipinski definition) is 0. The normalized spacial score (nSPS) is 19.1. The van der Waals surface area contributed by atoms with Gasteiger partial charge in [0.25, 0.3) is 0 Å². The van der Waals surface area contributed by atoms with E-state index in [1.807, 2.05) is 22.8 Å². The maximum atomic E-state index is 13.0. The molecule has 0 atom stereocenters.